The molecule has 1 spiro atoms. The van der Waals surface area contributed by atoms with Gasteiger partial charge < -0.3 is 23.7 Å². The Bertz CT molecular complexity index is 1560. The van der Waals surface area contributed by atoms with Gasteiger partial charge in [0.25, 0.3) is 5.91 Å². The van der Waals surface area contributed by atoms with Crippen molar-refractivity contribution >= 4 is 76.3 Å². The molecular weight excluding hydrogens is 631 g/mol. The van der Waals surface area contributed by atoms with Crippen LogP contribution in [0.4, 0.5) is 5.69 Å². The van der Waals surface area contributed by atoms with Gasteiger partial charge in [0, 0.05) is 16.0 Å². The van der Waals surface area contributed by atoms with E-state index in [1.54, 1.807) is 36.1 Å². The molecule has 0 saturated carbocycles. The first-order valence-electron chi connectivity index (χ1n) is 13.3. The van der Waals surface area contributed by atoms with Gasteiger partial charge in [-0.1, -0.05) is 41.4 Å². The second kappa shape index (κ2) is 12.8. The second-order valence-corrected chi connectivity index (χ2v) is 13.5. The van der Waals surface area contributed by atoms with Crippen LogP contribution in [0.1, 0.15) is 33.3 Å². The van der Waals surface area contributed by atoms with E-state index in [1.807, 2.05) is 20.8 Å². The van der Waals surface area contributed by atoms with Gasteiger partial charge in [0.05, 0.1) is 51.8 Å². The molecule has 3 aliphatic heterocycles. The average Bonchev–Trinajstić information content (AvgIpc) is 3.39. The molecule has 0 atom stereocenters. The minimum absolute atomic E-state index is 0.121. The fraction of sp³-hybridized carbons (Fsp3) is 0.367. The van der Waals surface area contributed by atoms with Gasteiger partial charge in [-0.2, -0.15) is 0 Å². The second-order valence-electron chi connectivity index (χ2n) is 9.80. The predicted molar refractivity (Wildman–Crippen MR) is 169 cm³/mol. The lowest BCUT2D eigenvalue weighted by Gasteiger charge is -2.50. The van der Waals surface area contributed by atoms with Gasteiger partial charge in [0.1, 0.15) is 24.5 Å². The number of rotatable bonds is 7. The van der Waals surface area contributed by atoms with Crippen LogP contribution in [0, 0.1) is 0 Å². The van der Waals surface area contributed by atoms with Crippen molar-refractivity contribution < 1.29 is 47.7 Å². The Kier molecular flexibility index (Phi) is 9.66. The highest BCUT2D eigenvalue weighted by Gasteiger charge is 2.61. The fourth-order valence-electron chi connectivity index (χ4n) is 5.16. The summed E-state index contributed by atoms with van der Waals surface area (Å²) >= 11 is 2.69. The molecule has 1 amide bonds. The Morgan fingerprint density at radius 3 is 1.89 bits per heavy atom. The molecule has 3 aliphatic rings. The summed E-state index contributed by atoms with van der Waals surface area (Å²) in [6, 6.07) is 5.20. The van der Waals surface area contributed by atoms with E-state index in [0.29, 0.717) is 34.1 Å². The highest BCUT2D eigenvalue weighted by Crippen LogP contribution is 2.71. The molecule has 44 heavy (non-hydrogen) atoms. The number of thioether (sulfide) groups is 3. The van der Waals surface area contributed by atoms with Gasteiger partial charge in [0.15, 0.2) is 0 Å². The third kappa shape index (κ3) is 5.22. The number of carbonyl (C=O) groups is 5. The van der Waals surface area contributed by atoms with Crippen LogP contribution in [-0.4, -0.2) is 74.4 Å². The number of amides is 1. The summed E-state index contributed by atoms with van der Waals surface area (Å²) in [7, 11) is 4.66. The normalized spacial score (nSPS) is 18.2. The molecule has 0 aromatic heterocycles. The summed E-state index contributed by atoms with van der Waals surface area (Å²) in [6.45, 7) is 7.51. The van der Waals surface area contributed by atoms with Crippen molar-refractivity contribution in [2.45, 2.75) is 37.3 Å². The molecule has 1 aromatic rings. The zero-order valence-electron chi connectivity index (χ0n) is 25.3. The summed E-state index contributed by atoms with van der Waals surface area (Å²) in [5.41, 5.74) is 0.167. The summed E-state index contributed by atoms with van der Waals surface area (Å²) in [5.74, 6) is -3.26. The van der Waals surface area contributed by atoms with Crippen LogP contribution < -0.4 is 9.64 Å². The standard InChI is InChI=1S/C30H31NO10S3/c1-9-11-18(32)31-17-13-12-15(41-10-2)14-16(17)19-24(29(31,3)4)42-21(26(34)38-6)20(25(33)37-5)30(19)43-22(27(35)39-7)23(44-30)28(36)40-8/h9,11-14H,10H2,1-8H3. The number of hydrogen-bond donors (Lipinski definition) is 0. The van der Waals surface area contributed by atoms with Crippen molar-refractivity contribution in [3.8, 4) is 5.75 Å². The quantitative estimate of drug-likeness (QED) is 0.229. The van der Waals surface area contributed by atoms with Crippen molar-refractivity contribution in [2.75, 3.05) is 39.9 Å². The van der Waals surface area contributed by atoms with Crippen LogP contribution in [0.25, 0.3) is 5.57 Å². The number of anilines is 1. The van der Waals surface area contributed by atoms with Gasteiger partial charge in [-0.3, -0.25) is 9.69 Å². The molecule has 0 unspecified atom stereocenters. The van der Waals surface area contributed by atoms with E-state index >= 15 is 0 Å². The first-order valence-corrected chi connectivity index (χ1v) is 15.7. The SMILES string of the molecule is CC=CC(=O)N1c2ccc(OCC)cc2C2=C(SC(C(=O)OC)=C(C(=O)OC)C23SC(C(=O)OC)=C(C(=O)OC)S3)C1(C)C. The van der Waals surface area contributed by atoms with E-state index in [1.165, 1.54) is 13.2 Å². The Hall–Kier alpha value is -3.62. The topological polar surface area (TPSA) is 135 Å². The van der Waals surface area contributed by atoms with E-state index in [-0.39, 0.29) is 26.2 Å². The summed E-state index contributed by atoms with van der Waals surface area (Å²) in [6.07, 6.45) is 3.05. The molecule has 1 aromatic carbocycles. The van der Waals surface area contributed by atoms with Crippen LogP contribution in [0.2, 0.25) is 0 Å². The van der Waals surface area contributed by atoms with Gasteiger partial charge >= 0.3 is 23.9 Å². The number of carbonyl (C=O) groups excluding carboxylic acids is 5. The minimum atomic E-state index is -1.67. The maximum atomic E-state index is 13.7. The third-order valence-corrected chi connectivity index (χ3v) is 11.6. The van der Waals surface area contributed by atoms with Crippen molar-refractivity contribution in [3.63, 3.8) is 0 Å². The Labute approximate surface area is 267 Å². The molecular formula is C30H31NO10S3. The molecule has 4 rings (SSSR count). The predicted octanol–water partition coefficient (Wildman–Crippen LogP) is 4.58. The zero-order valence-corrected chi connectivity index (χ0v) is 27.8. The maximum absolute atomic E-state index is 13.7. The molecule has 14 heteroatoms. The van der Waals surface area contributed by atoms with Crippen molar-refractivity contribution in [2.24, 2.45) is 0 Å². The van der Waals surface area contributed by atoms with E-state index < -0.39 is 33.5 Å². The molecule has 0 saturated heterocycles. The minimum Gasteiger partial charge on any atom is -0.494 e. The summed E-state index contributed by atoms with van der Waals surface area (Å²) < 4.78 is 24.5. The highest BCUT2D eigenvalue weighted by molar-refractivity contribution is 8.26. The van der Waals surface area contributed by atoms with E-state index in [0.717, 1.165) is 56.6 Å². The molecule has 0 aliphatic carbocycles. The first kappa shape index (κ1) is 33.3. The third-order valence-electron chi connectivity index (χ3n) is 6.95. The fourth-order valence-corrected chi connectivity index (χ4v) is 10.2. The number of allylic oxidation sites excluding steroid dienone is 1. The number of methoxy groups -OCH3 is 4. The lowest BCUT2D eigenvalue weighted by atomic mass is 9.83. The van der Waals surface area contributed by atoms with Crippen molar-refractivity contribution in [1.29, 1.82) is 0 Å². The lowest BCUT2D eigenvalue weighted by molar-refractivity contribution is -0.138. The molecule has 0 fully saturated rings. The molecule has 11 nitrogen and oxygen atoms in total. The van der Waals surface area contributed by atoms with Gasteiger partial charge in [-0.25, -0.2) is 19.2 Å². The number of fused-ring (bicyclic) bond motifs is 3. The monoisotopic (exact) mass is 661 g/mol. The summed E-state index contributed by atoms with van der Waals surface area (Å²) in [4.78, 5) is 68.8. The number of ether oxygens (including phenoxy) is 5. The number of hydrogen-bond acceptors (Lipinski definition) is 13. The molecule has 234 valence electrons. The van der Waals surface area contributed by atoms with Gasteiger partial charge in [-0.05, 0) is 52.0 Å². The molecule has 3 heterocycles. The zero-order chi connectivity index (χ0) is 32.6. The Morgan fingerprint density at radius 2 is 1.39 bits per heavy atom. The molecule has 0 bridgehead atoms. The van der Waals surface area contributed by atoms with Crippen molar-refractivity contribution in [3.05, 3.63) is 61.1 Å². The van der Waals surface area contributed by atoms with E-state index in [2.05, 4.69) is 0 Å². The van der Waals surface area contributed by atoms with E-state index in [4.69, 9.17) is 23.7 Å². The average molecular weight is 662 g/mol. The number of benzene rings is 1. The van der Waals surface area contributed by atoms with Crippen LogP contribution >= 0.6 is 35.3 Å². The summed E-state index contributed by atoms with van der Waals surface area (Å²) in [5, 5.41) is 0. The van der Waals surface area contributed by atoms with E-state index in [9.17, 15) is 24.0 Å². The maximum Gasteiger partial charge on any atom is 0.345 e. The van der Waals surface area contributed by atoms with Crippen molar-refractivity contribution in [1.82, 2.24) is 0 Å². The Balaban J connectivity index is 2.20. The van der Waals surface area contributed by atoms with Crippen LogP contribution in [0.5, 0.6) is 5.75 Å². The first-order chi connectivity index (χ1) is 20.9. The largest absolute Gasteiger partial charge is 0.494 e. The van der Waals surface area contributed by atoms with Gasteiger partial charge in [0.2, 0.25) is 0 Å². The van der Waals surface area contributed by atoms with Crippen LogP contribution in [-0.2, 0) is 42.9 Å². The number of esters is 4. The molecule has 0 N–H and O–H groups in total. The molecule has 0 radical (unpaired) electrons. The van der Waals surface area contributed by atoms with Crippen LogP contribution in [0.3, 0.4) is 0 Å². The number of nitrogens with zero attached hydrogens (tertiary/aromatic N) is 1. The van der Waals surface area contributed by atoms with Gasteiger partial charge in [-0.15, -0.1) is 0 Å². The smallest absolute Gasteiger partial charge is 0.345 e. The lowest BCUT2D eigenvalue weighted by Crippen LogP contribution is -2.53. The Morgan fingerprint density at radius 1 is 0.841 bits per heavy atom. The van der Waals surface area contributed by atoms with Crippen LogP contribution in [0.15, 0.2) is 55.5 Å². The highest BCUT2D eigenvalue weighted by atomic mass is 32.2.